The lowest BCUT2D eigenvalue weighted by Gasteiger charge is -2.12. The second kappa shape index (κ2) is 6.96. The van der Waals surface area contributed by atoms with E-state index < -0.39 is 17.7 Å². The van der Waals surface area contributed by atoms with Gasteiger partial charge in [-0.1, -0.05) is 26.0 Å². The Kier molecular flexibility index (Phi) is 5.15. The first-order valence-corrected chi connectivity index (χ1v) is 7.45. The zero-order valence-corrected chi connectivity index (χ0v) is 13.5. The summed E-state index contributed by atoms with van der Waals surface area (Å²) in [5, 5.41) is 11.8. The number of hydrogen-bond acceptors (Lipinski definition) is 2. The van der Waals surface area contributed by atoms with Gasteiger partial charge >= 0.3 is 12.1 Å². The SMILES string of the molecule is CC(C)C(=O)Nc1cc(C(=O)O)cc(-c2ccc(C(F)(F)F)cc2)c1. The molecule has 0 heterocycles. The normalized spacial score (nSPS) is 11.4. The molecule has 2 rings (SSSR count). The van der Waals surface area contributed by atoms with Gasteiger partial charge in [0.05, 0.1) is 11.1 Å². The molecule has 0 radical (unpaired) electrons. The van der Waals surface area contributed by atoms with Crippen LogP contribution in [-0.2, 0) is 11.0 Å². The van der Waals surface area contributed by atoms with Crippen molar-refractivity contribution >= 4 is 17.6 Å². The van der Waals surface area contributed by atoms with Crippen LogP contribution in [0.5, 0.6) is 0 Å². The Morgan fingerprint density at radius 2 is 1.60 bits per heavy atom. The van der Waals surface area contributed by atoms with Crippen LogP contribution >= 0.6 is 0 Å². The van der Waals surface area contributed by atoms with Gasteiger partial charge in [0.25, 0.3) is 0 Å². The predicted octanol–water partition coefficient (Wildman–Crippen LogP) is 4.67. The Morgan fingerprint density at radius 3 is 2.08 bits per heavy atom. The molecule has 1 amide bonds. The van der Waals surface area contributed by atoms with Crippen LogP contribution in [-0.4, -0.2) is 17.0 Å². The summed E-state index contributed by atoms with van der Waals surface area (Å²) in [5.41, 5.74) is 0.216. The van der Waals surface area contributed by atoms with Crippen molar-refractivity contribution in [3.63, 3.8) is 0 Å². The van der Waals surface area contributed by atoms with Crippen molar-refractivity contribution in [1.82, 2.24) is 0 Å². The zero-order chi connectivity index (χ0) is 18.8. The van der Waals surface area contributed by atoms with E-state index in [1.54, 1.807) is 13.8 Å². The minimum Gasteiger partial charge on any atom is -0.478 e. The highest BCUT2D eigenvalue weighted by atomic mass is 19.4. The van der Waals surface area contributed by atoms with Crippen LogP contribution < -0.4 is 5.32 Å². The number of benzene rings is 2. The van der Waals surface area contributed by atoms with Gasteiger partial charge in [0.15, 0.2) is 0 Å². The van der Waals surface area contributed by atoms with Crippen molar-refractivity contribution < 1.29 is 27.9 Å². The van der Waals surface area contributed by atoms with E-state index in [2.05, 4.69) is 5.32 Å². The number of carbonyl (C=O) groups is 2. The number of aromatic carboxylic acids is 1. The Bertz CT molecular complexity index is 796. The van der Waals surface area contributed by atoms with Crippen LogP contribution in [0.2, 0.25) is 0 Å². The van der Waals surface area contributed by atoms with E-state index in [0.717, 1.165) is 12.1 Å². The first kappa shape index (κ1) is 18.5. The molecule has 4 nitrogen and oxygen atoms in total. The maximum absolute atomic E-state index is 12.6. The quantitative estimate of drug-likeness (QED) is 0.841. The van der Waals surface area contributed by atoms with Gasteiger partial charge in [-0.3, -0.25) is 4.79 Å². The first-order chi connectivity index (χ1) is 11.6. The number of anilines is 1. The molecule has 0 unspecified atom stereocenters. The minimum atomic E-state index is -4.45. The number of carbonyl (C=O) groups excluding carboxylic acids is 1. The fraction of sp³-hybridized carbons (Fsp3) is 0.222. The average Bonchev–Trinajstić information content (AvgIpc) is 2.53. The van der Waals surface area contributed by atoms with Crippen molar-refractivity contribution in [2.45, 2.75) is 20.0 Å². The van der Waals surface area contributed by atoms with E-state index >= 15 is 0 Å². The van der Waals surface area contributed by atoms with Crippen LogP contribution in [0.25, 0.3) is 11.1 Å². The Morgan fingerprint density at radius 1 is 1.00 bits per heavy atom. The Labute approximate surface area is 142 Å². The summed E-state index contributed by atoms with van der Waals surface area (Å²) in [6.07, 6.45) is -4.45. The number of hydrogen-bond donors (Lipinski definition) is 2. The second-order valence-electron chi connectivity index (χ2n) is 5.82. The van der Waals surface area contributed by atoms with E-state index in [1.165, 1.54) is 30.3 Å². The Balaban J connectivity index is 2.44. The number of alkyl halides is 3. The van der Waals surface area contributed by atoms with Gasteiger partial charge in [-0.25, -0.2) is 4.79 Å². The zero-order valence-electron chi connectivity index (χ0n) is 13.5. The van der Waals surface area contributed by atoms with E-state index in [4.69, 9.17) is 0 Å². The van der Waals surface area contributed by atoms with Gasteiger partial charge in [-0.2, -0.15) is 13.2 Å². The van der Waals surface area contributed by atoms with E-state index in [9.17, 15) is 27.9 Å². The summed E-state index contributed by atoms with van der Waals surface area (Å²) in [7, 11) is 0. The van der Waals surface area contributed by atoms with Crippen molar-refractivity contribution in [2.75, 3.05) is 5.32 Å². The maximum atomic E-state index is 12.6. The van der Waals surface area contributed by atoms with Gasteiger partial charge in [-0.15, -0.1) is 0 Å². The Hall–Kier alpha value is -2.83. The molecular weight excluding hydrogens is 335 g/mol. The molecule has 0 atom stereocenters. The molecule has 0 saturated heterocycles. The molecule has 132 valence electrons. The molecule has 0 fully saturated rings. The van der Waals surface area contributed by atoms with Crippen LogP contribution in [0.1, 0.15) is 29.8 Å². The highest BCUT2D eigenvalue weighted by Gasteiger charge is 2.30. The topological polar surface area (TPSA) is 66.4 Å². The summed E-state index contributed by atoms with van der Waals surface area (Å²) >= 11 is 0. The number of amides is 1. The molecule has 2 aromatic rings. The van der Waals surface area contributed by atoms with Crippen LogP contribution in [0.4, 0.5) is 18.9 Å². The van der Waals surface area contributed by atoms with E-state index in [1.807, 2.05) is 0 Å². The van der Waals surface area contributed by atoms with Crippen molar-refractivity contribution in [3.05, 3.63) is 53.6 Å². The molecule has 2 aromatic carbocycles. The molecule has 7 heteroatoms. The summed E-state index contributed by atoms with van der Waals surface area (Å²) in [4.78, 5) is 23.1. The highest BCUT2D eigenvalue weighted by Crippen LogP contribution is 2.32. The molecule has 2 N–H and O–H groups in total. The smallest absolute Gasteiger partial charge is 0.416 e. The number of carboxylic acid groups (broad SMARTS) is 1. The lowest BCUT2D eigenvalue weighted by Crippen LogP contribution is -2.18. The number of nitrogens with one attached hydrogen (secondary N) is 1. The predicted molar refractivity (Wildman–Crippen MR) is 87.3 cm³/mol. The van der Waals surface area contributed by atoms with Crippen LogP contribution in [0.15, 0.2) is 42.5 Å². The summed E-state index contributed by atoms with van der Waals surface area (Å²) in [6, 6.07) is 8.54. The fourth-order valence-corrected chi connectivity index (χ4v) is 2.13. The van der Waals surface area contributed by atoms with Crippen molar-refractivity contribution in [3.8, 4) is 11.1 Å². The number of halogens is 3. The molecule has 0 saturated carbocycles. The first-order valence-electron chi connectivity index (χ1n) is 7.45. The van der Waals surface area contributed by atoms with Crippen molar-refractivity contribution in [2.24, 2.45) is 5.92 Å². The molecule has 0 spiro atoms. The third-order valence-corrected chi connectivity index (χ3v) is 3.52. The standard InChI is InChI=1S/C18H16F3NO3/c1-10(2)16(23)22-15-8-12(7-13(9-15)17(24)25)11-3-5-14(6-4-11)18(19,20)21/h3-10H,1-2H3,(H,22,23)(H,24,25). The van der Waals surface area contributed by atoms with Gasteiger partial charge in [0, 0.05) is 11.6 Å². The molecule has 0 aliphatic carbocycles. The summed E-state index contributed by atoms with van der Waals surface area (Å²) in [5.74, 6) is -1.79. The molecule has 0 aromatic heterocycles. The van der Waals surface area contributed by atoms with E-state index in [-0.39, 0.29) is 23.1 Å². The minimum absolute atomic E-state index is 0.0727. The summed E-state index contributed by atoms with van der Waals surface area (Å²) in [6.45, 7) is 3.38. The largest absolute Gasteiger partial charge is 0.478 e. The molecule has 25 heavy (non-hydrogen) atoms. The van der Waals surface area contributed by atoms with Gasteiger partial charge < -0.3 is 10.4 Å². The molecule has 0 aliphatic heterocycles. The van der Waals surface area contributed by atoms with Gasteiger partial charge in [0.1, 0.15) is 0 Å². The van der Waals surface area contributed by atoms with Crippen LogP contribution in [0.3, 0.4) is 0 Å². The van der Waals surface area contributed by atoms with Gasteiger partial charge in [0.2, 0.25) is 5.91 Å². The lowest BCUT2D eigenvalue weighted by atomic mass is 10.0. The van der Waals surface area contributed by atoms with Crippen LogP contribution in [0, 0.1) is 5.92 Å². The third-order valence-electron chi connectivity index (χ3n) is 3.52. The summed E-state index contributed by atoms with van der Waals surface area (Å²) < 4.78 is 37.9. The number of carboxylic acids is 1. The molecule has 0 aliphatic rings. The van der Waals surface area contributed by atoms with Crippen molar-refractivity contribution in [1.29, 1.82) is 0 Å². The maximum Gasteiger partial charge on any atom is 0.416 e. The fourth-order valence-electron chi connectivity index (χ4n) is 2.13. The average molecular weight is 351 g/mol. The van der Waals surface area contributed by atoms with E-state index in [0.29, 0.717) is 11.1 Å². The molecule has 0 bridgehead atoms. The monoisotopic (exact) mass is 351 g/mol. The second-order valence-corrected chi connectivity index (χ2v) is 5.82. The lowest BCUT2D eigenvalue weighted by molar-refractivity contribution is -0.137. The number of rotatable bonds is 4. The van der Waals surface area contributed by atoms with Gasteiger partial charge in [-0.05, 0) is 41.5 Å². The molecular formula is C18H16F3NO3. The highest BCUT2D eigenvalue weighted by molar-refractivity contribution is 5.96. The third kappa shape index (κ3) is 4.59.